The second kappa shape index (κ2) is 6.54. The van der Waals surface area contributed by atoms with Gasteiger partial charge in [-0.15, -0.1) is 0 Å². The van der Waals surface area contributed by atoms with Crippen LogP contribution < -0.4 is 16.0 Å². The summed E-state index contributed by atoms with van der Waals surface area (Å²) in [6.45, 7) is 7.78. The molecule has 1 fully saturated rings. The Hall–Kier alpha value is -1.14. The molecule has 0 amide bonds. The van der Waals surface area contributed by atoms with Crippen molar-refractivity contribution >= 4 is 0 Å². The number of nitrogens with two attached hydrogens (primary N) is 1. The van der Waals surface area contributed by atoms with Crippen molar-refractivity contribution in [2.75, 3.05) is 33.4 Å². The highest BCUT2D eigenvalue weighted by atomic mass is 16.5. The molecule has 0 bridgehead atoms. The fraction of sp³-hybridized carbons (Fsp3) is 0.600. The van der Waals surface area contributed by atoms with E-state index in [0.717, 1.165) is 37.6 Å². The molecule has 3 N–H and O–H groups in total. The first-order valence-electron chi connectivity index (χ1n) is 7.03. The van der Waals surface area contributed by atoms with Crippen molar-refractivity contribution in [1.82, 2.24) is 10.3 Å². The van der Waals surface area contributed by atoms with E-state index in [1.165, 1.54) is 0 Å². The van der Waals surface area contributed by atoms with Crippen LogP contribution in [0.25, 0.3) is 0 Å². The quantitative estimate of drug-likeness (QED) is 0.628. The van der Waals surface area contributed by atoms with Gasteiger partial charge in [0.1, 0.15) is 5.75 Å². The molecular formula is C15H25N3O2. The van der Waals surface area contributed by atoms with E-state index in [0.29, 0.717) is 0 Å². The van der Waals surface area contributed by atoms with Crippen LogP contribution in [0.15, 0.2) is 24.3 Å². The summed E-state index contributed by atoms with van der Waals surface area (Å²) in [4.78, 5) is 2.41. The first kappa shape index (κ1) is 15.3. The predicted octanol–water partition coefficient (Wildman–Crippen LogP) is 1.31. The summed E-state index contributed by atoms with van der Waals surface area (Å²) in [6.07, 6.45) is 0. The standard InChI is InChI=1S/C15H25N3O2/c1-15(2,18-8-10-20-11-9-18)14(17-16)12-6-4-5-7-13(12)19-3/h4-7,14,17H,8-11,16H2,1-3H3. The normalized spacial score (nSPS) is 18.8. The van der Waals surface area contributed by atoms with E-state index < -0.39 is 0 Å². The fourth-order valence-electron chi connectivity index (χ4n) is 2.90. The van der Waals surface area contributed by atoms with Crippen molar-refractivity contribution in [2.45, 2.75) is 25.4 Å². The van der Waals surface area contributed by atoms with Crippen LogP contribution in [0.2, 0.25) is 0 Å². The fourth-order valence-corrected chi connectivity index (χ4v) is 2.90. The summed E-state index contributed by atoms with van der Waals surface area (Å²) >= 11 is 0. The maximum absolute atomic E-state index is 5.86. The van der Waals surface area contributed by atoms with Gasteiger partial charge in [-0.25, -0.2) is 0 Å². The van der Waals surface area contributed by atoms with Gasteiger partial charge in [0, 0.05) is 24.2 Å². The van der Waals surface area contributed by atoms with E-state index in [2.05, 4.69) is 30.2 Å². The minimum atomic E-state index is -0.132. The molecule has 1 aliphatic heterocycles. The lowest BCUT2D eigenvalue weighted by Crippen LogP contribution is -2.57. The second-order valence-electron chi connectivity index (χ2n) is 5.59. The number of hydrogen-bond acceptors (Lipinski definition) is 5. The minimum absolute atomic E-state index is 0.0169. The highest BCUT2D eigenvalue weighted by Gasteiger charge is 2.37. The van der Waals surface area contributed by atoms with Gasteiger partial charge in [-0.2, -0.15) is 0 Å². The minimum Gasteiger partial charge on any atom is -0.496 e. The van der Waals surface area contributed by atoms with Crippen molar-refractivity contribution < 1.29 is 9.47 Å². The van der Waals surface area contributed by atoms with E-state index in [1.54, 1.807) is 7.11 Å². The van der Waals surface area contributed by atoms with Crippen molar-refractivity contribution in [1.29, 1.82) is 0 Å². The van der Waals surface area contributed by atoms with Crippen LogP contribution in [-0.2, 0) is 4.74 Å². The lowest BCUT2D eigenvalue weighted by molar-refractivity contribution is -0.0241. The zero-order valence-corrected chi connectivity index (χ0v) is 12.6. The molecule has 0 spiro atoms. The van der Waals surface area contributed by atoms with Crippen LogP contribution in [-0.4, -0.2) is 43.9 Å². The lowest BCUT2D eigenvalue weighted by Gasteiger charge is -2.45. The van der Waals surface area contributed by atoms with Crippen molar-refractivity contribution in [3.05, 3.63) is 29.8 Å². The number of nitrogens with zero attached hydrogens (tertiary/aromatic N) is 1. The molecule has 5 heteroatoms. The largest absolute Gasteiger partial charge is 0.496 e. The first-order chi connectivity index (χ1) is 9.61. The number of nitrogens with one attached hydrogen (secondary N) is 1. The van der Waals surface area contributed by atoms with Crippen LogP contribution in [0.1, 0.15) is 25.5 Å². The van der Waals surface area contributed by atoms with Crippen molar-refractivity contribution in [2.24, 2.45) is 5.84 Å². The Labute approximate surface area is 121 Å². The monoisotopic (exact) mass is 279 g/mol. The number of morpholine rings is 1. The Morgan fingerprint density at radius 2 is 1.95 bits per heavy atom. The van der Waals surface area contributed by atoms with E-state index in [-0.39, 0.29) is 11.6 Å². The summed E-state index contributed by atoms with van der Waals surface area (Å²) < 4.78 is 10.9. The molecule has 0 saturated carbocycles. The Morgan fingerprint density at radius 3 is 2.55 bits per heavy atom. The second-order valence-corrected chi connectivity index (χ2v) is 5.59. The lowest BCUT2D eigenvalue weighted by atomic mass is 9.86. The molecule has 1 aromatic carbocycles. The van der Waals surface area contributed by atoms with Crippen molar-refractivity contribution in [3.8, 4) is 5.75 Å². The molecule has 5 nitrogen and oxygen atoms in total. The smallest absolute Gasteiger partial charge is 0.123 e. The Balaban J connectivity index is 2.30. The molecule has 0 radical (unpaired) electrons. The Morgan fingerprint density at radius 1 is 1.30 bits per heavy atom. The maximum Gasteiger partial charge on any atom is 0.123 e. The summed E-state index contributed by atoms with van der Waals surface area (Å²) in [5.41, 5.74) is 3.91. The molecule has 112 valence electrons. The third-order valence-corrected chi connectivity index (χ3v) is 4.15. The highest BCUT2D eigenvalue weighted by Crippen LogP contribution is 2.35. The summed E-state index contributed by atoms with van der Waals surface area (Å²) in [5, 5.41) is 0. The topological polar surface area (TPSA) is 59.8 Å². The van der Waals surface area contributed by atoms with Gasteiger partial charge in [0.2, 0.25) is 0 Å². The number of hydrogen-bond donors (Lipinski definition) is 2. The first-order valence-corrected chi connectivity index (χ1v) is 7.03. The molecule has 1 heterocycles. The molecule has 1 aromatic rings. The van der Waals surface area contributed by atoms with Gasteiger partial charge in [0.05, 0.1) is 26.4 Å². The zero-order chi connectivity index (χ0) is 14.6. The number of methoxy groups -OCH3 is 1. The third-order valence-electron chi connectivity index (χ3n) is 4.15. The van der Waals surface area contributed by atoms with Gasteiger partial charge in [-0.3, -0.25) is 16.2 Å². The Bertz CT molecular complexity index is 431. The van der Waals surface area contributed by atoms with Crippen molar-refractivity contribution in [3.63, 3.8) is 0 Å². The molecule has 1 saturated heterocycles. The highest BCUT2D eigenvalue weighted by molar-refractivity contribution is 5.37. The molecule has 1 aliphatic rings. The van der Waals surface area contributed by atoms with Gasteiger partial charge in [0.15, 0.2) is 0 Å². The average molecular weight is 279 g/mol. The van der Waals surface area contributed by atoms with Crippen LogP contribution >= 0.6 is 0 Å². The van der Waals surface area contributed by atoms with Gasteiger partial charge in [-0.05, 0) is 19.9 Å². The van der Waals surface area contributed by atoms with E-state index >= 15 is 0 Å². The number of benzene rings is 1. The number of ether oxygens (including phenoxy) is 2. The summed E-state index contributed by atoms with van der Waals surface area (Å²) in [7, 11) is 1.69. The van der Waals surface area contributed by atoms with Crippen LogP contribution in [0, 0.1) is 0 Å². The van der Waals surface area contributed by atoms with Crippen LogP contribution in [0.4, 0.5) is 0 Å². The van der Waals surface area contributed by atoms with Gasteiger partial charge in [0.25, 0.3) is 0 Å². The zero-order valence-electron chi connectivity index (χ0n) is 12.6. The molecule has 0 aromatic heterocycles. The van der Waals surface area contributed by atoms with E-state index in [4.69, 9.17) is 15.3 Å². The molecule has 0 aliphatic carbocycles. The van der Waals surface area contributed by atoms with E-state index in [1.807, 2.05) is 18.2 Å². The third kappa shape index (κ3) is 2.96. The molecule has 1 atom stereocenters. The van der Waals surface area contributed by atoms with Gasteiger partial charge in [-0.1, -0.05) is 18.2 Å². The number of hydrazine groups is 1. The predicted molar refractivity (Wildman–Crippen MR) is 79.5 cm³/mol. The Kier molecular flexibility index (Phi) is 4.99. The number of para-hydroxylation sites is 1. The summed E-state index contributed by atoms with van der Waals surface area (Å²) in [5.74, 6) is 6.72. The number of rotatable bonds is 5. The SMILES string of the molecule is COc1ccccc1C(NN)C(C)(C)N1CCOCC1. The molecule has 1 unspecified atom stereocenters. The van der Waals surface area contributed by atoms with Crippen LogP contribution in [0.5, 0.6) is 5.75 Å². The summed E-state index contributed by atoms with van der Waals surface area (Å²) in [6, 6.07) is 7.99. The maximum atomic E-state index is 5.86. The van der Waals surface area contributed by atoms with Gasteiger partial charge >= 0.3 is 0 Å². The van der Waals surface area contributed by atoms with Crippen LogP contribution in [0.3, 0.4) is 0 Å². The van der Waals surface area contributed by atoms with E-state index in [9.17, 15) is 0 Å². The average Bonchev–Trinajstić information content (AvgIpc) is 2.49. The van der Waals surface area contributed by atoms with Gasteiger partial charge < -0.3 is 9.47 Å². The molecule has 2 rings (SSSR count). The molecular weight excluding hydrogens is 254 g/mol. The molecule has 20 heavy (non-hydrogen) atoms.